The highest BCUT2D eigenvalue weighted by Gasteiger charge is 2.24. The first kappa shape index (κ1) is 10.2. The molecular weight excluding hydrogens is 188 g/mol. The Morgan fingerprint density at radius 2 is 2.27 bits per heavy atom. The van der Waals surface area contributed by atoms with E-state index in [4.69, 9.17) is 5.73 Å². The van der Waals surface area contributed by atoms with Crippen molar-refractivity contribution >= 4 is 5.91 Å². The number of fused-ring (bicyclic) bond motifs is 1. The van der Waals surface area contributed by atoms with Gasteiger partial charge < -0.3 is 10.6 Å². The van der Waals surface area contributed by atoms with Crippen LogP contribution in [0.25, 0.3) is 0 Å². The summed E-state index contributed by atoms with van der Waals surface area (Å²) in [6, 6.07) is 6.10. The lowest BCUT2D eigenvalue weighted by molar-refractivity contribution is 0.0816. The molecule has 0 bridgehead atoms. The van der Waals surface area contributed by atoms with Crippen LogP contribution in [0.4, 0.5) is 0 Å². The predicted octanol–water partition coefficient (Wildman–Crippen LogP) is 1.33. The summed E-state index contributed by atoms with van der Waals surface area (Å²) in [4.78, 5) is 13.5. The SMILES string of the molecule is CC(CN)c1ccc2c(c1)C(=O)N(C)C2. The van der Waals surface area contributed by atoms with Gasteiger partial charge in [-0.25, -0.2) is 0 Å². The Morgan fingerprint density at radius 1 is 1.53 bits per heavy atom. The molecule has 0 saturated carbocycles. The Balaban J connectivity index is 2.39. The van der Waals surface area contributed by atoms with E-state index in [1.807, 2.05) is 19.2 Å². The second kappa shape index (κ2) is 3.66. The standard InChI is InChI=1S/C12H16N2O/c1-8(6-13)9-3-4-10-7-14(2)12(15)11(10)5-9/h3-5,8H,6-7,13H2,1-2H3. The topological polar surface area (TPSA) is 46.3 Å². The van der Waals surface area contributed by atoms with Gasteiger partial charge in [0.2, 0.25) is 0 Å². The lowest BCUT2D eigenvalue weighted by Crippen LogP contribution is -2.17. The molecular formula is C12H16N2O. The van der Waals surface area contributed by atoms with Gasteiger partial charge in [-0.3, -0.25) is 4.79 Å². The van der Waals surface area contributed by atoms with Crippen LogP contribution in [-0.4, -0.2) is 24.4 Å². The molecule has 0 radical (unpaired) electrons. The van der Waals surface area contributed by atoms with E-state index < -0.39 is 0 Å². The molecule has 0 spiro atoms. The van der Waals surface area contributed by atoms with E-state index >= 15 is 0 Å². The first-order valence-electron chi connectivity index (χ1n) is 5.22. The van der Waals surface area contributed by atoms with Crippen LogP contribution < -0.4 is 5.73 Å². The summed E-state index contributed by atoms with van der Waals surface area (Å²) in [5.74, 6) is 0.435. The average molecular weight is 204 g/mol. The summed E-state index contributed by atoms with van der Waals surface area (Å²) in [7, 11) is 1.83. The number of rotatable bonds is 2. The molecule has 1 aliphatic heterocycles. The predicted molar refractivity (Wildman–Crippen MR) is 59.7 cm³/mol. The Bertz CT molecular complexity index is 401. The summed E-state index contributed by atoms with van der Waals surface area (Å²) < 4.78 is 0. The molecule has 1 aromatic carbocycles. The maximum Gasteiger partial charge on any atom is 0.254 e. The highest BCUT2D eigenvalue weighted by Crippen LogP contribution is 2.25. The van der Waals surface area contributed by atoms with Crippen molar-refractivity contribution in [2.24, 2.45) is 5.73 Å². The van der Waals surface area contributed by atoms with E-state index in [-0.39, 0.29) is 5.91 Å². The second-order valence-electron chi connectivity index (χ2n) is 4.21. The van der Waals surface area contributed by atoms with Crippen LogP contribution in [0, 0.1) is 0 Å². The van der Waals surface area contributed by atoms with Crippen LogP contribution in [0.5, 0.6) is 0 Å². The first-order valence-corrected chi connectivity index (χ1v) is 5.22. The highest BCUT2D eigenvalue weighted by atomic mass is 16.2. The van der Waals surface area contributed by atoms with Crippen molar-refractivity contribution in [2.75, 3.05) is 13.6 Å². The average Bonchev–Trinajstić information content (AvgIpc) is 2.54. The number of benzene rings is 1. The number of amides is 1. The molecule has 0 fully saturated rings. The van der Waals surface area contributed by atoms with E-state index in [0.29, 0.717) is 12.5 Å². The molecule has 1 heterocycles. The summed E-state index contributed by atoms with van der Waals surface area (Å²) >= 11 is 0. The second-order valence-corrected chi connectivity index (χ2v) is 4.21. The first-order chi connectivity index (χ1) is 7.13. The third-order valence-electron chi connectivity index (χ3n) is 3.04. The fourth-order valence-corrected chi connectivity index (χ4v) is 1.91. The van der Waals surface area contributed by atoms with Gasteiger partial charge in [0.05, 0.1) is 0 Å². The third-order valence-corrected chi connectivity index (χ3v) is 3.04. The Morgan fingerprint density at radius 3 is 2.93 bits per heavy atom. The van der Waals surface area contributed by atoms with Gasteiger partial charge in [-0.05, 0) is 29.7 Å². The van der Waals surface area contributed by atoms with Crippen molar-refractivity contribution < 1.29 is 4.79 Å². The van der Waals surface area contributed by atoms with E-state index in [0.717, 1.165) is 23.2 Å². The lowest BCUT2D eigenvalue weighted by atomic mass is 9.97. The molecule has 3 nitrogen and oxygen atoms in total. The monoisotopic (exact) mass is 204 g/mol. The van der Waals surface area contributed by atoms with Gasteiger partial charge in [-0.1, -0.05) is 19.1 Å². The number of hydrogen-bond donors (Lipinski definition) is 1. The van der Waals surface area contributed by atoms with E-state index in [1.54, 1.807) is 4.90 Å². The Hall–Kier alpha value is -1.35. The number of nitrogens with zero attached hydrogens (tertiary/aromatic N) is 1. The van der Waals surface area contributed by atoms with Gasteiger partial charge in [-0.2, -0.15) is 0 Å². The van der Waals surface area contributed by atoms with Crippen LogP contribution in [0.1, 0.15) is 34.3 Å². The van der Waals surface area contributed by atoms with Gasteiger partial charge in [0.25, 0.3) is 5.91 Å². The summed E-state index contributed by atoms with van der Waals surface area (Å²) in [5.41, 5.74) is 8.73. The van der Waals surface area contributed by atoms with Crippen LogP contribution >= 0.6 is 0 Å². The quantitative estimate of drug-likeness (QED) is 0.790. The molecule has 0 aliphatic carbocycles. The van der Waals surface area contributed by atoms with Gasteiger partial charge in [0.1, 0.15) is 0 Å². The van der Waals surface area contributed by atoms with Crippen LogP contribution in [0.15, 0.2) is 18.2 Å². The summed E-state index contributed by atoms with van der Waals surface area (Å²) in [6.45, 7) is 3.42. The van der Waals surface area contributed by atoms with E-state index in [1.165, 1.54) is 0 Å². The fraction of sp³-hybridized carbons (Fsp3) is 0.417. The van der Waals surface area contributed by atoms with Crippen molar-refractivity contribution in [3.8, 4) is 0 Å². The molecule has 80 valence electrons. The summed E-state index contributed by atoms with van der Waals surface area (Å²) in [6.07, 6.45) is 0. The Labute approximate surface area is 89.9 Å². The molecule has 0 saturated heterocycles. The van der Waals surface area contributed by atoms with E-state index in [9.17, 15) is 4.79 Å². The smallest absolute Gasteiger partial charge is 0.254 e. The number of carbonyl (C=O) groups excluding carboxylic acids is 1. The normalized spacial score (nSPS) is 16.7. The molecule has 1 aliphatic rings. The van der Waals surface area contributed by atoms with Crippen LogP contribution in [-0.2, 0) is 6.54 Å². The minimum atomic E-state index is 0.121. The van der Waals surface area contributed by atoms with Crippen molar-refractivity contribution in [1.29, 1.82) is 0 Å². The van der Waals surface area contributed by atoms with Gasteiger partial charge in [0, 0.05) is 19.2 Å². The maximum absolute atomic E-state index is 11.8. The van der Waals surface area contributed by atoms with Crippen molar-refractivity contribution in [2.45, 2.75) is 19.4 Å². The van der Waals surface area contributed by atoms with Gasteiger partial charge >= 0.3 is 0 Å². The van der Waals surface area contributed by atoms with Crippen LogP contribution in [0.2, 0.25) is 0 Å². The number of nitrogens with two attached hydrogens (primary N) is 1. The lowest BCUT2D eigenvalue weighted by Gasteiger charge is -2.09. The van der Waals surface area contributed by atoms with E-state index in [2.05, 4.69) is 13.0 Å². The minimum Gasteiger partial charge on any atom is -0.337 e. The molecule has 1 atom stereocenters. The third kappa shape index (κ3) is 1.63. The zero-order chi connectivity index (χ0) is 11.0. The van der Waals surface area contributed by atoms with Crippen molar-refractivity contribution in [3.05, 3.63) is 34.9 Å². The molecule has 1 aromatic rings. The molecule has 2 N–H and O–H groups in total. The zero-order valence-corrected chi connectivity index (χ0v) is 9.16. The van der Waals surface area contributed by atoms with Gasteiger partial charge in [0.15, 0.2) is 0 Å². The molecule has 1 amide bonds. The minimum absolute atomic E-state index is 0.121. The molecule has 0 aromatic heterocycles. The largest absolute Gasteiger partial charge is 0.337 e. The van der Waals surface area contributed by atoms with Crippen molar-refractivity contribution in [3.63, 3.8) is 0 Å². The fourth-order valence-electron chi connectivity index (χ4n) is 1.91. The van der Waals surface area contributed by atoms with Crippen molar-refractivity contribution in [1.82, 2.24) is 4.90 Å². The molecule has 15 heavy (non-hydrogen) atoms. The molecule has 3 heteroatoms. The highest BCUT2D eigenvalue weighted by molar-refractivity contribution is 5.98. The number of hydrogen-bond acceptors (Lipinski definition) is 2. The van der Waals surface area contributed by atoms with Gasteiger partial charge in [-0.15, -0.1) is 0 Å². The Kier molecular flexibility index (Phi) is 2.49. The molecule has 2 rings (SSSR count). The maximum atomic E-state index is 11.8. The number of carbonyl (C=O) groups is 1. The zero-order valence-electron chi connectivity index (χ0n) is 9.16. The summed E-state index contributed by atoms with van der Waals surface area (Å²) in [5, 5.41) is 0. The molecule has 1 unspecified atom stereocenters. The van der Waals surface area contributed by atoms with Crippen LogP contribution in [0.3, 0.4) is 0 Å².